The van der Waals surface area contributed by atoms with Crippen LogP contribution in [0.4, 0.5) is 0 Å². The minimum absolute atomic E-state index is 0.0547. The number of hydrogen-bond donors (Lipinski definition) is 2. The molecule has 170 valence electrons. The molecule has 33 heavy (non-hydrogen) atoms. The Morgan fingerprint density at radius 2 is 1.70 bits per heavy atom. The van der Waals surface area contributed by atoms with Crippen LogP contribution in [0, 0.1) is 0 Å². The molecule has 0 aliphatic rings. The van der Waals surface area contributed by atoms with Gasteiger partial charge in [0.15, 0.2) is 0 Å². The number of nitrogens with zero attached hydrogens (tertiary/aromatic N) is 1. The molecular formula is C24H20Cl3N3O3. The molecule has 0 saturated carbocycles. The Morgan fingerprint density at radius 1 is 0.939 bits per heavy atom. The van der Waals surface area contributed by atoms with Crippen LogP contribution >= 0.6 is 34.8 Å². The molecule has 0 heterocycles. The maximum Gasteiger partial charge on any atom is 0.251 e. The minimum atomic E-state index is -0.350. The number of carbonyl (C=O) groups is 2. The van der Waals surface area contributed by atoms with E-state index in [1.54, 1.807) is 18.2 Å². The fourth-order valence-corrected chi connectivity index (χ4v) is 3.14. The number of hydrazone groups is 1. The number of ether oxygens (including phenoxy) is 1. The summed E-state index contributed by atoms with van der Waals surface area (Å²) in [6, 6.07) is 19.3. The number of carbonyl (C=O) groups excluding carboxylic acids is 2. The molecule has 2 N–H and O–H groups in total. The van der Waals surface area contributed by atoms with Crippen molar-refractivity contribution >= 4 is 52.8 Å². The predicted octanol–water partition coefficient (Wildman–Crippen LogP) is 5.50. The molecule has 0 aromatic heterocycles. The van der Waals surface area contributed by atoms with E-state index in [4.69, 9.17) is 39.5 Å². The Morgan fingerprint density at radius 3 is 2.45 bits per heavy atom. The van der Waals surface area contributed by atoms with Crippen molar-refractivity contribution in [2.24, 2.45) is 5.10 Å². The summed E-state index contributed by atoms with van der Waals surface area (Å²) in [4.78, 5) is 24.1. The van der Waals surface area contributed by atoms with Gasteiger partial charge in [-0.05, 0) is 48.0 Å². The van der Waals surface area contributed by atoms with E-state index in [9.17, 15) is 9.59 Å². The van der Waals surface area contributed by atoms with E-state index < -0.39 is 0 Å². The van der Waals surface area contributed by atoms with E-state index in [0.717, 1.165) is 5.56 Å². The maximum absolute atomic E-state index is 12.1. The molecule has 0 fully saturated rings. The number of hydrogen-bond acceptors (Lipinski definition) is 4. The van der Waals surface area contributed by atoms with Gasteiger partial charge in [0.05, 0.1) is 16.3 Å². The third-order valence-electron chi connectivity index (χ3n) is 4.44. The Hall–Kier alpha value is -3.06. The van der Waals surface area contributed by atoms with E-state index >= 15 is 0 Å². The monoisotopic (exact) mass is 503 g/mol. The largest absolute Gasteiger partial charge is 0.488 e. The Bertz CT molecular complexity index is 1150. The Kier molecular flexibility index (Phi) is 9.13. The Balaban J connectivity index is 1.45. The fourth-order valence-electron chi connectivity index (χ4n) is 2.72. The smallest absolute Gasteiger partial charge is 0.251 e. The van der Waals surface area contributed by atoms with Gasteiger partial charge in [-0.25, -0.2) is 5.43 Å². The lowest BCUT2D eigenvalue weighted by Gasteiger charge is -2.09. The summed E-state index contributed by atoms with van der Waals surface area (Å²) in [6.45, 7) is 0.508. The summed E-state index contributed by atoms with van der Waals surface area (Å²) in [5, 5.41) is 7.94. The molecule has 2 amide bonds. The molecule has 3 aromatic rings. The standard InChI is InChI=1S/C24H20Cl3N3O3/c25-19-8-5-16(6-9-19)15-33-22-4-2-1-3-18(22)14-29-30-23(31)11-12-28-24(32)17-7-10-20(26)21(27)13-17/h1-10,13-14H,11-12,15H2,(H,28,32)(H,30,31). The molecule has 0 spiro atoms. The number of benzene rings is 3. The first-order valence-electron chi connectivity index (χ1n) is 9.94. The van der Waals surface area contributed by atoms with Gasteiger partial charge in [-0.3, -0.25) is 9.59 Å². The molecule has 6 nitrogen and oxygen atoms in total. The second-order valence-electron chi connectivity index (χ2n) is 6.88. The van der Waals surface area contributed by atoms with Crippen LogP contribution in [-0.4, -0.2) is 24.6 Å². The van der Waals surface area contributed by atoms with Gasteiger partial charge in [-0.2, -0.15) is 5.10 Å². The molecule has 0 saturated heterocycles. The summed E-state index contributed by atoms with van der Waals surface area (Å²) < 4.78 is 5.86. The number of nitrogens with one attached hydrogen (secondary N) is 2. The van der Waals surface area contributed by atoms with Crippen LogP contribution in [0.25, 0.3) is 0 Å². The van der Waals surface area contributed by atoms with Gasteiger partial charge in [0, 0.05) is 29.1 Å². The van der Waals surface area contributed by atoms with Crippen LogP contribution < -0.4 is 15.5 Å². The minimum Gasteiger partial charge on any atom is -0.488 e. The zero-order chi connectivity index (χ0) is 23.6. The lowest BCUT2D eigenvalue weighted by atomic mass is 10.2. The first-order chi connectivity index (χ1) is 15.9. The van der Waals surface area contributed by atoms with Crippen LogP contribution in [0.2, 0.25) is 15.1 Å². The third-order valence-corrected chi connectivity index (χ3v) is 5.43. The van der Waals surface area contributed by atoms with Gasteiger partial charge in [0.1, 0.15) is 12.4 Å². The van der Waals surface area contributed by atoms with Crippen molar-refractivity contribution in [3.05, 3.63) is 98.5 Å². The number of halogens is 3. The highest BCUT2D eigenvalue weighted by molar-refractivity contribution is 6.42. The lowest BCUT2D eigenvalue weighted by molar-refractivity contribution is -0.120. The average molecular weight is 505 g/mol. The topological polar surface area (TPSA) is 79.8 Å². The number of para-hydroxylation sites is 1. The maximum atomic E-state index is 12.1. The van der Waals surface area contributed by atoms with Crippen molar-refractivity contribution in [2.75, 3.05) is 6.54 Å². The average Bonchev–Trinajstić information content (AvgIpc) is 2.81. The van der Waals surface area contributed by atoms with Gasteiger partial charge in [0.2, 0.25) is 5.91 Å². The molecule has 3 rings (SSSR count). The highest BCUT2D eigenvalue weighted by atomic mass is 35.5. The SMILES string of the molecule is O=C(CCNC(=O)c1ccc(Cl)c(Cl)c1)NN=Cc1ccccc1OCc1ccc(Cl)cc1. The zero-order valence-electron chi connectivity index (χ0n) is 17.4. The fraction of sp³-hybridized carbons (Fsp3) is 0.125. The van der Waals surface area contributed by atoms with Gasteiger partial charge in [0.25, 0.3) is 5.91 Å². The summed E-state index contributed by atoms with van der Waals surface area (Å²) in [6.07, 6.45) is 1.56. The van der Waals surface area contributed by atoms with Gasteiger partial charge < -0.3 is 10.1 Å². The quantitative estimate of drug-likeness (QED) is 0.298. The second kappa shape index (κ2) is 12.3. The van der Waals surface area contributed by atoms with E-state index in [-0.39, 0.29) is 29.8 Å². The lowest BCUT2D eigenvalue weighted by Crippen LogP contribution is -2.29. The van der Waals surface area contributed by atoms with Gasteiger partial charge in [-0.15, -0.1) is 0 Å². The second-order valence-corrected chi connectivity index (χ2v) is 8.13. The van der Waals surface area contributed by atoms with Crippen LogP contribution in [0.3, 0.4) is 0 Å². The van der Waals surface area contributed by atoms with Crippen LogP contribution in [0.5, 0.6) is 5.75 Å². The highest BCUT2D eigenvalue weighted by Gasteiger charge is 2.09. The van der Waals surface area contributed by atoms with Crippen molar-refractivity contribution in [1.82, 2.24) is 10.7 Å². The molecule has 9 heteroatoms. The van der Waals surface area contributed by atoms with E-state index in [1.807, 2.05) is 36.4 Å². The zero-order valence-corrected chi connectivity index (χ0v) is 19.6. The van der Waals surface area contributed by atoms with E-state index in [2.05, 4.69) is 15.8 Å². The molecule has 0 aliphatic heterocycles. The molecular weight excluding hydrogens is 485 g/mol. The molecule has 0 aliphatic carbocycles. The summed E-state index contributed by atoms with van der Waals surface area (Å²) in [5.41, 5.74) is 4.48. The van der Waals surface area contributed by atoms with Crippen LogP contribution in [0.15, 0.2) is 71.8 Å². The highest BCUT2D eigenvalue weighted by Crippen LogP contribution is 2.22. The van der Waals surface area contributed by atoms with Crippen molar-refractivity contribution < 1.29 is 14.3 Å². The van der Waals surface area contributed by atoms with Crippen molar-refractivity contribution in [2.45, 2.75) is 13.0 Å². The van der Waals surface area contributed by atoms with Crippen molar-refractivity contribution in [3.8, 4) is 5.75 Å². The van der Waals surface area contributed by atoms with Gasteiger partial charge in [-0.1, -0.05) is 59.1 Å². The predicted molar refractivity (Wildman–Crippen MR) is 131 cm³/mol. The van der Waals surface area contributed by atoms with Crippen LogP contribution in [-0.2, 0) is 11.4 Å². The van der Waals surface area contributed by atoms with E-state index in [1.165, 1.54) is 18.3 Å². The van der Waals surface area contributed by atoms with Crippen LogP contribution in [0.1, 0.15) is 27.9 Å². The van der Waals surface area contributed by atoms with E-state index in [0.29, 0.717) is 33.5 Å². The van der Waals surface area contributed by atoms with Crippen molar-refractivity contribution in [3.63, 3.8) is 0 Å². The first-order valence-corrected chi connectivity index (χ1v) is 11.1. The first kappa shape index (κ1) is 24.6. The third kappa shape index (κ3) is 7.79. The molecule has 0 radical (unpaired) electrons. The summed E-state index contributed by atoms with van der Waals surface area (Å²) >= 11 is 17.7. The number of amides is 2. The molecule has 0 unspecified atom stereocenters. The normalized spacial score (nSPS) is 10.8. The molecule has 0 bridgehead atoms. The number of rotatable bonds is 9. The summed E-state index contributed by atoms with van der Waals surface area (Å²) in [5.74, 6) is -0.0729. The molecule has 3 aromatic carbocycles. The van der Waals surface area contributed by atoms with Gasteiger partial charge >= 0.3 is 0 Å². The molecule has 0 atom stereocenters. The van der Waals surface area contributed by atoms with Crippen molar-refractivity contribution in [1.29, 1.82) is 0 Å². The Labute approximate surface area is 206 Å². The summed E-state index contributed by atoms with van der Waals surface area (Å²) in [7, 11) is 0.